The van der Waals surface area contributed by atoms with E-state index in [2.05, 4.69) is 5.16 Å². The number of carbonyl (C=O) groups is 1. The first-order valence-corrected chi connectivity index (χ1v) is 8.87. The Hall–Kier alpha value is -2.74. The molecule has 5 nitrogen and oxygen atoms in total. The van der Waals surface area contributed by atoms with Gasteiger partial charge in [-0.25, -0.2) is 8.78 Å². The lowest BCUT2D eigenvalue weighted by molar-refractivity contribution is 0.0457. The molecule has 0 radical (unpaired) electrons. The summed E-state index contributed by atoms with van der Waals surface area (Å²) in [7, 11) is 0. The van der Waals surface area contributed by atoms with E-state index in [1.165, 1.54) is 12.1 Å². The molecule has 1 atom stereocenters. The van der Waals surface area contributed by atoms with Crippen LogP contribution >= 0.6 is 11.3 Å². The summed E-state index contributed by atoms with van der Waals surface area (Å²) in [5.41, 5.74) is 0.204. The highest BCUT2D eigenvalue weighted by molar-refractivity contribution is 7.10. The molecule has 8 heteroatoms. The fraction of sp³-hybridized carbons (Fsp3) is 0.222. The Kier molecular flexibility index (Phi) is 4.42. The first-order chi connectivity index (χ1) is 12.6. The number of hydrogen-bond donors (Lipinski definition) is 0. The van der Waals surface area contributed by atoms with E-state index in [1.54, 1.807) is 16.2 Å². The van der Waals surface area contributed by atoms with Crippen molar-refractivity contribution >= 4 is 17.2 Å². The van der Waals surface area contributed by atoms with Gasteiger partial charge in [-0.05, 0) is 30.0 Å². The quantitative estimate of drug-likeness (QED) is 0.670. The van der Waals surface area contributed by atoms with Crippen LogP contribution in [-0.4, -0.2) is 22.5 Å². The van der Waals surface area contributed by atoms with Crippen molar-refractivity contribution in [1.29, 1.82) is 0 Å². The maximum atomic E-state index is 13.2. The highest BCUT2D eigenvalue weighted by Crippen LogP contribution is 2.36. The van der Waals surface area contributed by atoms with Crippen molar-refractivity contribution in [3.05, 3.63) is 69.7 Å². The summed E-state index contributed by atoms with van der Waals surface area (Å²) in [5.74, 6) is -1.65. The molecule has 0 unspecified atom stereocenters. The van der Waals surface area contributed by atoms with E-state index in [0.29, 0.717) is 12.3 Å². The number of hydrogen-bond acceptors (Lipinski definition) is 5. The van der Waals surface area contributed by atoms with E-state index in [0.717, 1.165) is 23.4 Å². The summed E-state index contributed by atoms with van der Waals surface area (Å²) in [6.07, 6.45) is 0.927. The summed E-state index contributed by atoms with van der Waals surface area (Å²) in [6.45, 7) is 0.634. The number of aromatic nitrogens is 1. The summed E-state index contributed by atoms with van der Waals surface area (Å²) in [5, 5.41) is 5.79. The van der Waals surface area contributed by atoms with Gasteiger partial charge in [-0.15, -0.1) is 11.3 Å². The Morgan fingerprint density at radius 1 is 1.31 bits per heavy atom. The van der Waals surface area contributed by atoms with Crippen LogP contribution in [0.5, 0.6) is 5.75 Å². The summed E-state index contributed by atoms with van der Waals surface area (Å²) >= 11 is 1.62. The maximum absolute atomic E-state index is 13.2. The van der Waals surface area contributed by atoms with Gasteiger partial charge < -0.3 is 14.2 Å². The molecule has 1 aromatic carbocycles. The van der Waals surface area contributed by atoms with Crippen molar-refractivity contribution in [2.75, 3.05) is 6.54 Å². The van der Waals surface area contributed by atoms with Crippen LogP contribution in [0.15, 0.2) is 46.3 Å². The minimum atomic E-state index is -0.992. The predicted octanol–water partition coefficient (Wildman–Crippen LogP) is 4.18. The van der Waals surface area contributed by atoms with Crippen LogP contribution in [0, 0.1) is 11.6 Å². The lowest BCUT2D eigenvalue weighted by Gasteiger charge is -2.39. The third-order valence-electron chi connectivity index (χ3n) is 4.20. The van der Waals surface area contributed by atoms with Crippen LogP contribution in [0.4, 0.5) is 8.78 Å². The van der Waals surface area contributed by atoms with Crippen molar-refractivity contribution in [1.82, 2.24) is 10.1 Å². The molecule has 1 amide bonds. The largest absolute Gasteiger partial charge is 0.485 e. The van der Waals surface area contributed by atoms with Gasteiger partial charge >= 0.3 is 0 Å². The number of halogens is 2. The molecule has 3 aromatic rings. The fourth-order valence-corrected chi connectivity index (χ4v) is 3.63. The van der Waals surface area contributed by atoms with Crippen molar-refractivity contribution < 1.29 is 22.8 Å². The zero-order valence-corrected chi connectivity index (χ0v) is 14.3. The first-order valence-electron chi connectivity index (χ1n) is 7.99. The second-order valence-electron chi connectivity index (χ2n) is 5.86. The smallest absolute Gasteiger partial charge is 0.276 e. The van der Waals surface area contributed by atoms with Gasteiger partial charge in [0.1, 0.15) is 12.4 Å². The molecule has 1 fully saturated rings. The van der Waals surface area contributed by atoms with Gasteiger partial charge in [0.25, 0.3) is 5.91 Å². The molecule has 134 valence electrons. The molecule has 26 heavy (non-hydrogen) atoms. The SMILES string of the molecule is O=C(c1cc(COc2ccc(F)c(F)c2)on1)N1CC[C@H]1c1cccs1. The Morgan fingerprint density at radius 2 is 2.19 bits per heavy atom. The van der Waals surface area contributed by atoms with Gasteiger partial charge in [0.05, 0.1) is 6.04 Å². The fourth-order valence-electron chi connectivity index (χ4n) is 2.76. The number of ether oxygens (including phenoxy) is 1. The van der Waals surface area contributed by atoms with Gasteiger partial charge in [0.2, 0.25) is 0 Å². The predicted molar refractivity (Wildman–Crippen MR) is 89.9 cm³/mol. The second-order valence-corrected chi connectivity index (χ2v) is 6.84. The Bertz CT molecular complexity index is 926. The molecule has 0 N–H and O–H groups in total. The van der Waals surface area contributed by atoms with Gasteiger partial charge in [0, 0.05) is 23.6 Å². The Labute approximate surface area is 151 Å². The number of likely N-dealkylation sites (tertiary alicyclic amines) is 1. The number of thiophene rings is 1. The molecule has 4 rings (SSSR count). The minimum Gasteiger partial charge on any atom is -0.485 e. The highest BCUT2D eigenvalue weighted by Gasteiger charge is 2.35. The molecule has 0 aliphatic carbocycles. The summed E-state index contributed by atoms with van der Waals surface area (Å²) in [6, 6.07) is 8.81. The summed E-state index contributed by atoms with van der Waals surface area (Å²) < 4.78 is 36.5. The number of carbonyl (C=O) groups excluding carboxylic acids is 1. The van der Waals surface area contributed by atoms with E-state index < -0.39 is 11.6 Å². The van der Waals surface area contributed by atoms with Crippen LogP contribution in [-0.2, 0) is 6.61 Å². The first kappa shape index (κ1) is 16.7. The highest BCUT2D eigenvalue weighted by atomic mass is 32.1. The third kappa shape index (κ3) is 3.20. The van der Waals surface area contributed by atoms with Crippen molar-refractivity contribution in [2.45, 2.75) is 19.1 Å². The molecule has 3 heterocycles. The molecular weight excluding hydrogens is 362 g/mol. The molecule has 1 aliphatic heterocycles. The topological polar surface area (TPSA) is 55.6 Å². The van der Waals surface area contributed by atoms with E-state index in [1.807, 2.05) is 17.5 Å². The average Bonchev–Trinajstić information content (AvgIpc) is 3.27. The molecule has 0 spiro atoms. The monoisotopic (exact) mass is 376 g/mol. The number of nitrogens with zero attached hydrogens (tertiary/aromatic N) is 2. The van der Waals surface area contributed by atoms with E-state index in [9.17, 15) is 13.6 Å². The van der Waals surface area contributed by atoms with Crippen LogP contribution in [0.1, 0.15) is 33.6 Å². The number of benzene rings is 1. The molecular formula is C18H14F2N2O3S. The van der Waals surface area contributed by atoms with Crippen LogP contribution in [0.2, 0.25) is 0 Å². The third-order valence-corrected chi connectivity index (χ3v) is 5.18. The second kappa shape index (κ2) is 6.87. The Balaban J connectivity index is 1.39. The van der Waals surface area contributed by atoms with Crippen molar-refractivity contribution in [2.24, 2.45) is 0 Å². The van der Waals surface area contributed by atoms with Gasteiger partial charge in [-0.3, -0.25) is 4.79 Å². The van der Waals surface area contributed by atoms with E-state index >= 15 is 0 Å². The van der Waals surface area contributed by atoms with Crippen LogP contribution < -0.4 is 4.74 Å². The molecule has 0 bridgehead atoms. The zero-order valence-electron chi connectivity index (χ0n) is 13.5. The standard InChI is InChI=1S/C18H14F2N2O3S/c19-13-4-3-11(8-14(13)20)24-10-12-9-15(21-25-12)18(23)22-6-5-16(22)17-2-1-7-26-17/h1-4,7-9,16H,5-6,10H2/t16-/m0/s1. The van der Waals surface area contributed by atoms with Gasteiger partial charge in [-0.1, -0.05) is 11.2 Å². The zero-order chi connectivity index (χ0) is 18.1. The maximum Gasteiger partial charge on any atom is 0.276 e. The molecule has 0 saturated carbocycles. The van der Waals surface area contributed by atoms with Crippen LogP contribution in [0.25, 0.3) is 0 Å². The molecule has 1 saturated heterocycles. The number of rotatable bonds is 5. The minimum absolute atomic E-state index is 0.0420. The normalized spacial score (nSPS) is 16.4. The number of amides is 1. The lowest BCUT2D eigenvalue weighted by Crippen LogP contribution is -2.44. The van der Waals surface area contributed by atoms with Gasteiger partial charge in [-0.2, -0.15) is 0 Å². The van der Waals surface area contributed by atoms with Crippen molar-refractivity contribution in [3.8, 4) is 5.75 Å². The van der Waals surface area contributed by atoms with E-state index in [4.69, 9.17) is 9.26 Å². The van der Waals surface area contributed by atoms with Gasteiger partial charge in [0.15, 0.2) is 23.1 Å². The Morgan fingerprint density at radius 3 is 2.88 bits per heavy atom. The van der Waals surface area contributed by atoms with Crippen LogP contribution in [0.3, 0.4) is 0 Å². The average molecular weight is 376 g/mol. The molecule has 2 aromatic heterocycles. The van der Waals surface area contributed by atoms with E-state index in [-0.39, 0.29) is 30.0 Å². The lowest BCUT2D eigenvalue weighted by atomic mass is 10.0. The molecule has 1 aliphatic rings. The van der Waals surface area contributed by atoms with Crippen molar-refractivity contribution in [3.63, 3.8) is 0 Å². The summed E-state index contributed by atoms with van der Waals surface area (Å²) in [4.78, 5) is 15.5.